The van der Waals surface area contributed by atoms with Crippen LogP contribution in [0, 0.1) is 0 Å². The fourth-order valence-corrected chi connectivity index (χ4v) is 1.92. The second-order valence-corrected chi connectivity index (χ2v) is 4.80. The Morgan fingerprint density at radius 2 is 2.00 bits per heavy atom. The molecule has 0 aliphatic heterocycles. The van der Waals surface area contributed by atoms with E-state index in [9.17, 15) is 9.90 Å². The Labute approximate surface area is 122 Å². The van der Waals surface area contributed by atoms with Gasteiger partial charge in [-0.05, 0) is 30.2 Å². The lowest BCUT2D eigenvalue weighted by atomic mass is 10.1. The Morgan fingerprint density at radius 3 is 2.70 bits per heavy atom. The van der Waals surface area contributed by atoms with Gasteiger partial charge in [-0.1, -0.05) is 23.7 Å². The number of benzene rings is 1. The predicted molar refractivity (Wildman–Crippen MR) is 78.6 cm³/mol. The summed E-state index contributed by atoms with van der Waals surface area (Å²) in [6, 6.07) is 9.09. The van der Waals surface area contributed by atoms with Crippen LogP contribution >= 0.6 is 11.6 Å². The zero-order valence-electron chi connectivity index (χ0n) is 10.8. The van der Waals surface area contributed by atoms with Crippen molar-refractivity contribution in [3.05, 3.63) is 58.9 Å². The van der Waals surface area contributed by atoms with Crippen molar-refractivity contribution in [1.29, 1.82) is 0 Å². The van der Waals surface area contributed by atoms with E-state index >= 15 is 0 Å². The first-order valence-corrected chi connectivity index (χ1v) is 6.65. The third-order valence-electron chi connectivity index (χ3n) is 2.91. The maximum Gasteiger partial charge on any atom is 0.224 e. The lowest BCUT2D eigenvalue weighted by molar-refractivity contribution is -0.116. The summed E-state index contributed by atoms with van der Waals surface area (Å²) in [7, 11) is 0. The number of carbonyl (C=O) groups is 1. The number of nitrogens with zero attached hydrogens (tertiary/aromatic N) is 1. The Balaban J connectivity index is 1.91. The highest BCUT2D eigenvalue weighted by Crippen LogP contribution is 2.14. The number of aromatic nitrogens is 1. The van der Waals surface area contributed by atoms with Crippen LogP contribution in [0.5, 0.6) is 0 Å². The average molecular weight is 291 g/mol. The average Bonchev–Trinajstić information content (AvgIpc) is 2.47. The van der Waals surface area contributed by atoms with Gasteiger partial charge in [0.05, 0.1) is 18.5 Å². The fourth-order valence-electron chi connectivity index (χ4n) is 1.80. The SMILES string of the molecule is O=C(CCc1ccc(Cl)cc1)Nc1cnccc1CO. The summed E-state index contributed by atoms with van der Waals surface area (Å²) < 4.78 is 0. The summed E-state index contributed by atoms with van der Waals surface area (Å²) in [6.07, 6.45) is 4.11. The maximum absolute atomic E-state index is 11.9. The zero-order valence-corrected chi connectivity index (χ0v) is 11.6. The number of hydrogen-bond donors (Lipinski definition) is 2. The minimum atomic E-state index is -0.130. The van der Waals surface area contributed by atoms with Crippen molar-refractivity contribution in [2.75, 3.05) is 5.32 Å². The molecule has 1 amide bonds. The number of rotatable bonds is 5. The molecule has 2 rings (SSSR count). The molecule has 2 aromatic rings. The molecule has 20 heavy (non-hydrogen) atoms. The molecule has 0 atom stereocenters. The minimum Gasteiger partial charge on any atom is -0.392 e. The predicted octanol–water partition coefficient (Wildman–Crippen LogP) is 2.80. The van der Waals surface area contributed by atoms with E-state index in [1.807, 2.05) is 12.1 Å². The van der Waals surface area contributed by atoms with E-state index in [2.05, 4.69) is 10.3 Å². The maximum atomic E-state index is 11.9. The van der Waals surface area contributed by atoms with E-state index in [0.717, 1.165) is 5.56 Å². The van der Waals surface area contributed by atoms with E-state index in [1.54, 1.807) is 24.4 Å². The second-order valence-electron chi connectivity index (χ2n) is 4.37. The third-order valence-corrected chi connectivity index (χ3v) is 3.16. The Kier molecular flexibility index (Phi) is 5.09. The van der Waals surface area contributed by atoms with Gasteiger partial charge in [0, 0.05) is 23.2 Å². The molecule has 2 N–H and O–H groups in total. The number of aliphatic hydroxyl groups excluding tert-OH is 1. The molecule has 0 radical (unpaired) electrons. The van der Waals surface area contributed by atoms with Crippen LogP contribution in [0.25, 0.3) is 0 Å². The second kappa shape index (κ2) is 7.03. The minimum absolute atomic E-state index is 0.109. The number of hydrogen-bond acceptors (Lipinski definition) is 3. The molecule has 0 fully saturated rings. The fraction of sp³-hybridized carbons (Fsp3) is 0.200. The van der Waals surface area contributed by atoms with Crippen LogP contribution in [0.4, 0.5) is 5.69 Å². The summed E-state index contributed by atoms with van der Waals surface area (Å²) in [5, 5.41) is 12.6. The van der Waals surface area contributed by atoms with E-state index < -0.39 is 0 Å². The summed E-state index contributed by atoms with van der Waals surface area (Å²) in [5.41, 5.74) is 2.26. The van der Waals surface area contributed by atoms with Crippen LogP contribution in [-0.4, -0.2) is 16.0 Å². The third kappa shape index (κ3) is 4.05. The summed E-state index contributed by atoms with van der Waals surface area (Å²) in [4.78, 5) is 15.8. The number of halogens is 1. The molecule has 104 valence electrons. The monoisotopic (exact) mass is 290 g/mol. The largest absolute Gasteiger partial charge is 0.392 e. The van der Waals surface area contributed by atoms with Crippen LogP contribution in [0.1, 0.15) is 17.5 Å². The molecule has 4 nitrogen and oxygen atoms in total. The van der Waals surface area contributed by atoms with Crippen molar-refractivity contribution < 1.29 is 9.90 Å². The number of aryl methyl sites for hydroxylation is 1. The van der Waals surface area contributed by atoms with Crippen molar-refractivity contribution in [2.45, 2.75) is 19.4 Å². The summed E-state index contributed by atoms with van der Waals surface area (Å²) in [6.45, 7) is -0.130. The Morgan fingerprint density at radius 1 is 1.25 bits per heavy atom. The van der Waals surface area contributed by atoms with Crippen molar-refractivity contribution >= 4 is 23.2 Å². The molecule has 1 heterocycles. The topological polar surface area (TPSA) is 62.2 Å². The van der Waals surface area contributed by atoms with Gasteiger partial charge in [0.15, 0.2) is 0 Å². The van der Waals surface area contributed by atoms with Crippen molar-refractivity contribution in [1.82, 2.24) is 4.98 Å². The molecule has 0 aliphatic carbocycles. The van der Waals surface area contributed by atoms with Gasteiger partial charge in [-0.25, -0.2) is 0 Å². The van der Waals surface area contributed by atoms with Gasteiger partial charge in [-0.2, -0.15) is 0 Å². The van der Waals surface area contributed by atoms with Crippen molar-refractivity contribution in [2.24, 2.45) is 0 Å². The Bertz CT molecular complexity index is 585. The van der Waals surface area contributed by atoms with Crippen LogP contribution in [0.15, 0.2) is 42.7 Å². The van der Waals surface area contributed by atoms with Gasteiger partial charge in [-0.3, -0.25) is 9.78 Å². The highest BCUT2D eigenvalue weighted by Gasteiger charge is 2.06. The molecule has 0 saturated carbocycles. The zero-order chi connectivity index (χ0) is 14.4. The lowest BCUT2D eigenvalue weighted by Gasteiger charge is -2.08. The van der Waals surface area contributed by atoms with E-state index in [-0.39, 0.29) is 12.5 Å². The molecule has 5 heteroatoms. The normalized spacial score (nSPS) is 10.3. The van der Waals surface area contributed by atoms with Gasteiger partial charge in [-0.15, -0.1) is 0 Å². The highest BCUT2D eigenvalue weighted by atomic mass is 35.5. The standard InChI is InChI=1S/C15H15ClN2O2/c16-13-4-1-11(2-5-13)3-6-15(20)18-14-9-17-8-7-12(14)10-19/h1-2,4-5,7-9,19H,3,6,10H2,(H,18,20). The van der Waals surface area contributed by atoms with Gasteiger partial charge >= 0.3 is 0 Å². The number of nitrogens with one attached hydrogen (secondary N) is 1. The van der Waals surface area contributed by atoms with Gasteiger partial charge in [0.2, 0.25) is 5.91 Å². The molecule has 0 bridgehead atoms. The molecule has 1 aromatic carbocycles. The van der Waals surface area contributed by atoms with Crippen LogP contribution in [0.2, 0.25) is 5.02 Å². The van der Waals surface area contributed by atoms with Crippen molar-refractivity contribution in [3.8, 4) is 0 Å². The van der Waals surface area contributed by atoms with Gasteiger partial charge in [0.1, 0.15) is 0 Å². The molecule has 0 unspecified atom stereocenters. The molecule has 0 saturated heterocycles. The lowest BCUT2D eigenvalue weighted by Crippen LogP contribution is -2.14. The quantitative estimate of drug-likeness (QED) is 0.890. The molecule has 0 aliphatic rings. The highest BCUT2D eigenvalue weighted by molar-refractivity contribution is 6.30. The number of amides is 1. The van der Waals surface area contributed by atoms with Crippen molar-refractivity contribution in [3.63, 3.8) is 0 Å². The number of anilines is 1. The smallest absolute Gasteiger partial charge is 0.224 e. The van der Waals surface area contributed by atoms with Crippen LogP contribution in [0.3, 0.4) is 0 Å². The molecular formula is C15H15ClN2O2. The summed E-state index contributed by atoms with van der Waals surface area (Å²) in [5.74, 6) is -0.109. The van der Waals surface area contributed by atoms with Gasteiger partial charge < -0.3 is 10.4 Å². The summed E-state index contributed by atoms with van der Waals surface area (Å²) >= 11 is 5.81. The van der Waals surface area contributed by atoms with Crippen LogP contribution < -0.4 is 5.32 Å². The molecule has 0 spiro atoms. The molecular weight excluding hydrogens is 276 g/mol. The number of carbonyl (C=O) groups excluding carboxylic acids is 1. The first-order valence-electron chi connectivity index (χ1n) is 6.27. The van der Waals surface area contributed by atoms with E-state index in [4.69, 9.17) is 11.6 Å². The van der Waals surface area contributed by atoms with Gasteiger partial charge in [0.25, 0.3) is 0 Å². The van der Waals surface area contributed by atoms with Crippen LogP contribution in [-0.2, 0) is 17.8 Å². The van der Waals surface area contributed by atoms with E-state index in [0.29, 0.717) is 29.1 Å². The van der Waals surface area contributed by atoms with E-state index in [1.165, 1.54) is 6.20 Å². The number of aliphatic hydroxyl groups is 1. The Hall–Kier alpha value is -1.91. The first kappa shape index (κ1) is 14.5. The first-order chi connectivity index (χ1) is 9.69. The molecule has 1 aromatic heterocycles. The number of pyridine rings is 1.